The second-order valence-corrected chi connectivity index (χ2v) is 4.98. The summed E-state index contributed by atoms with van der Waals surface area (Å²) in [6.07, 6.45) is 7.50. The van der Waals surface area contributed by atoms with Crippen LogP contribution in [0.5, 0.6) is 0 Å². The van der Waals surface area contributed by atoms with Crippen molar-refractivity contribution in [3.8, 4) is 0 Å². The highest BCUT2D eigenvalue weighted by atomic mass is 16.4. The Hall–Kier alpha value is -1.06. The fraction of sp³-hybridized carbons (Fsp3) is 0.833. The van der Waals surface area contributed by atoms with Crippen molar-refractivity contribution in [1.82, 2.24) is 5.32 Å². The van der Waals surface area contributed by atoms with E-state index in [1.165, 1.54) is 25.7 Å². The monoisotopic (exact) mass is 225 g/mol. The van der Waals surface area contributed by atoms with Crippen molar-refractivity contribution < 1.29 is 14.7 Å². The van der Waals surface area contributed by atoms with Gasteiger partial charge >= 0.3 is 5.97 Å². The van der Waals surface area contributed by atoms with Crippen LogP contribution in [0.2, 0.25) is 0 Å². The third-order valence-electron chi connectivity index (χ3n) is 3.65. The Balaban J connectivity index is 1.76. The molecule has 0 aliphatic heterocycles. The van der Waals surface area contributed by atoms with E-state index < -0.39 is 11.9 Å². The third-order valence-corrected chi connectivity index (χ3v) is 3.65. The number of nitrogens with one attached hydrogen (secondary N) is 1. The van der Waals surface area contributed by atoms with Crippen LogP contribution in [-0.4, -0.2) is 23.0 Å². The fourth-order valence-electron chi connectivity index (χ4n) is 2.49. The molecule has 4 nitrogen and oxygen atoms in total. The lowest BCUT2D eigenvalue weighted by atomic mass is 10.1. The van der Waals surface area contributed by atoms with E-state index in [-0.39, 0.29) is 17.9 Å². The molecule has 0 aromatic carbocycles. The number of carboxylic acid groups (broad SMARTS) is 1. The number of rotatable bonds is 3. The lowest BCUT2D eigenvalue weighted by Gasteiger charge is -2.15. The first-order valence-corrected chi connectivity index (χ1v) is 6.21. The molecular formula is C12H19NO3. The van der Waals surface area contributed by atoms with Gasteiger partial charge in [-0.2, -0.15) is 0 Å². The summed E-state index contributed by atoms with van der Waals surface area (Å²) < 4.78 is 0. The number of hydrogen-bond donors (Lipinski definition) is 2. The van der Waals surface area contributed by atoms with Gasteiger partial charge in [-0.1, -0.05) is 25.7 Å². The lowest BCUT2D eigenvalue weighted by Crippen LogP contribution is -2.36. The minimum absolute atomic E-state index is 0.0423. The molecule has 0 aromatic heterocycles. The molecule has 0 radical (unpaired) electrons. The number of carbonyl (C=O) groups is 2. The second-order valence-electron chi connectivity index (χ2n) is 4.98. The quantitative estimate of drug-likeness (QED) is 0.716. The Morgan fingerprint density at radius 3 is 2.12 bits per heavy atom. The van der Waals surface area contributed by atoms with Gasteiger partial charge in [-0.25, -0.2) is 0 Å². The molecule has 0 heterocycles. The predicted molar refractivity (Wildman–Crippen MR) is 58.9 cm³/mol. The summed E-state index contributed by atoms with van der Waals surface area (Å²) in [6.45, 7) is 0. The Morgan fingerprint density at radius 1 is 1.00 bits per heavy atom. The molecule has 2 saturated carbocycles. The zero-order chi connectivity index (χ0) is 11.5. The zero-order valence-corrected chi connectivity index (χ0v) is 9.45. The fourth-order valence-corrected chi connectivity index (χ4v) is 2.49. The molecule has 16 heavy (non-hydrogen) atoms. The van der Waals surface area contributed by atoms with Gasteiger partial charge in [-0.15, -0.1) is 0 Å². The zero-order valence-electron chi connectivity index (χ0n) is 9.45. The largest absolute Gasteiger partial charge is 0.481 e. The van der Waals surface area contributed by atoms with Gasteiger partial charge in [-0.05, 0) is 19.3 Å². The van der Waals surface area contributed by atoms with Crippen LogP contribution in [0.25, 0.3) is 0 Å². The highest BCUT2D eigenvalue weighted by molar-refractivity contribution is 5.89. The van der Waals surface area contributed by atoms with E-state index in [4.69, 9.17) is 5.11 Å². The van der Waals surface area contributed by atoms with Crippen molar-refractivity contribution in [2.24, 2.45) is 11.8 Å². The van der Waals surface area contributed by atoms with Gasteiger partial charge in [-0.3, -0.25) is 9.59 Å². The third kappa shape index (κ3) is 2.74. The Kier molecular flexibility index (Phi) is 3.46. The van der Waals surface area contributed by atoms with E-state index in [0.717, 1.165) is 12.8 Å². The molecule has 2 rings (SSSR count). The first kappa shape index (κ1) is 11.4. The van der Waals surface area contributed by atoms with E-state index in [1.807, 2.05) is 0 Å². The van der Waals surface area contributed by atoms with Crippen LogP contribution in [0.15, 0.2) is 0 Å². The van der Waals surface area contributed by atoms with Gasteiger partial charge in [0, 0.05) is 6.04 Å². The van der Waals surface area contributed by atoms with Crippen molar-refractivity contribution in [2.45, 2.75) is 51.0 Å². The van der Waals surface area contributed by atoms with E-state index in [2.05, 4.69) is 5.32 Å². The van der Waals surface area contributed by atoms with Crippen LogP contribution in [-0.2, 0) is 9.59 Å². The molecule has 0 bridgehead atoms. The average Bonchev–Trinajstić information content (AvgIpc) is 3.02. The summed E-state index contributed by atoms with van der Waals surface area (Å²) in [5, 5.41) is 11.7. The van der Waals surface area contributed by atoms with Crippen LogP contribution in [0, 0.1) is 11.8 Å². The van der Waals surface area contributed by atoms with Crippen LogP contribution in [0.1, 0.15) is 44.9 Å². The minimum atomic E-state index is -0.832. The molecule has 2 aliphatic carbocycles. The number of aliphatic carboxylic acids is 1. The molecule has 90 valence electrons. The minimum Gasteiger partial charge on any atom is -0.481 e. The van der Waals surface area contributed by atoms with Gasteiger partial charge in [0.25, 0.3) is 0 Å². The topological polar surface area (TPSA) is 66.4 Å². The Morgan fingerprint density at radius 2 is 1.62 bits per heavy atom. The smallest absolute Gasteiger partial charge is 0.307 e. The maximum atomic E-state index is 11.7. The maximum absolute atomic E-state index is 11.7. The van der Waals surface area contributed by atoms with Gasteiger partial charge in [0.2, 0.25) is 5.91 Å². The van der Waals surface area contributed by atoms with E-state index in [9.17, 15) is 9.59 Å². The Bertz CT molecular complexity index is 282. The van der Waals surface area contributed by atoms with E-state index in [1.54, 1.807) is 0 Å². The van der Waals surface area contributed by atoms with Gasteiger partial charge in [0.05, 0.1) is 11.8 Å². The SMILES string of the molecule is O=C(O)C1CC1C(=O)NC1CCCCCC1. The molecule has 4 heteroatoms. The maximum Gasteiger partial charge on any atom is 0.307 e. The molecule has 2 fully saturated rings. The number of amides is 1. The van der Waals surface area contributed by atoms with Crippen molar-refractivity contribution in [2.75, 3.05) is 0 Å². The van der Waals surface area contributed by atoms with Crippen LogP contribution in [0.3, 0.4) is 0 Å². The molecular weight excluding hydrogens is 206 g/mol. The standard InChI is InChI=1S/C12H19NO3/c14-11(9-7-10(9)12(15)16)13-8-5-3-1-2-4-6-8/h8-10H,1-7H2,(H,13,14)(H,15,16). The van der Waals surface area contributed by atoms with Crippen LogP contribution >= 0.6 is 0 Å². The molecule has 0 saturated heterocycles. The molecule has 1 amide bonds. The molecule has 0 spiro atoms. The van der Waals surface area contributed by atoms with Gasteiger partial charge < -0.3 is 10.4 Å². The molecule has 2 aliphatic rings. The van der Waals surface area contributed by atoms with Crippen LogP contribution < -0.4 is 5.32 Å². The van der Waals surface area contributed by atoms with Crippen LogP contribution in [0.4, 0.5) is 0 Å². The second kappa shape index (κ2) is 4.85. The Labute approximate surface area is 95.4 Å². The molecule has 2 unspecified atom stereocenters. The summed E-state index contributed by atoms with van der Waals surface area (Å²) in [4.78, 5) is 22.4. The molecule has 2 N–H and O–H groups in total. The highest BCUT2D eigenvalue weighted by Gasteiger charge is 2.48. The van der Waals surface area contributed by atoms with Crippen molar-refractivity contribution >= 4 is 11.9 Å². The lowest BCUT2D eigenvalue weighted by molar-refractivity contribution is -0.140. The first-order valence-electron chi connectivity index (χ1n) is 6.21. The first-order chi connectivity index (χ1) is 7.68. The number of carboxylic acids is 1. The highest BCUT2D eigenvalue weighted by Crippen LogP contribution is 2.38. The van der Waals surface area contributed by atoms with Gasteiger partial charge in [0.1, 0.15) is 0 Å². The molecule has 0 aromatic rings. The van der Waals surface area contributed by atoms with Crippen molar-refractivity contribution in [1.29, 1.82) is 0 Å². The normalized spacial score (nSPS) is 30.5. The summed E-state index contributed by atoms with van der Waals surface area (Å²) in [7, 11) is 0. The summed E-state index contributed by atoms with van der Waals surface area (Å²) in [5.41, 5.74) is 0. The summed E-state index contributed by atoms with van der Waals surface area (Å²) in [6, 6.07) is 0.282. The predicted octanol–water partition coefficient (Wildman–Crippen LogP) is 1.55. The van der Waals surface area contributed by atoms with Crippen molar-refractivity contribution in [3.05, 3.63) is 0 Å². The summed E-state index contributed by atoms with van der Waals surface area (Å²) in [5.74, 6) is -1.56. The van der Waals surface area contributed by atoms with E-state index in [0.29, 0.717) is 6.42 Å². The van der Waals surface area contributed by atoms with Crippen molar-refractivity contribution in [3.63, 3.8) is 0 Å². The summed E-state index contributed by atoms with van der Waals surface area (Å²) >= 11 is 0. The number of carbonyl (C=O) groups excluding carboxylic acids is 1. The average molecular weight is 225 g/mol. The van der Waals surface area contributed by atoms with Gasteiger partial charge in [0.15, 0.2) is 0 Å². The van der Waals surface area contributed by atoms with E-state index >= 15 is 0 Å². The number of hydrogen-bond acceptors (Lipinski definition) is 2. The molecule has 2 atom stereocenters.